The molecule has 0 aromatic heterocycles. The van der Waals surface area contributed by atoms with E-state index in [1.54, 1.807) is 0 Å². The molecule has 0 amide bonds. The minimum absolute atomic E-state index is 0.573. The van der Waals surface area contributed by atoms with Crippen molar-refractivity contribution < 1.29 is 45.8 Å². The largest absolute Gasteiger partial charge is 0.481 e. The summed E-state index contributed by atoms with van der Waals surface area (Å²) in [6.07, 6.45) is -13.9. The molecule has 0 saturated heterocycles. The van der Waals surface area contributed by atoms with Gasteiger partial charge >= 0.3 is 24.3 Å². The number of alkyl halides is 6. The van der Waals surface area contributed by atoms with Crippen LogP contribution in [0.2, 0.25) is 0 Å². The van der Waals surface area contributed by atoms with Gasteiger partial charge in [-0.2, -0.15) is 26.3 Å². The predicted molar refractivity (Wildman–Crippen MR) is 75.7 cm³/mol. The van der Waals surface area contributed by atoms with Crippen LogP contribution < -0.4 is 0 Å². The van der Waals surface area contributed by atoms with Crippen molar-refractivity contribution in [3.8, 4) is 0 Å². The topological polar surface area (TPSA) is 63.6 Å². The summed E-state index contributed by atoms with van der Waals surface area (Å²) in [6, 6.07) is 0. The Hall–Kier alpha value is -1.48. The number of rotatable bonds is 8. The third-order valence-electron chi connectivity index (χ3n) is 3.23. The lowest BCUT2D eigenvalue weighted by Gasteiger charge is -2.27. The van der Waals surface area contributed by atoms with Crippen molar-refractivity contribution in [2.24, 2.45) is 11.8 Å². The molecule has 0 aliphatic rings. The molecular formula is C15H22F6O4. The molecule has 0 radical (unpaired) electrons. The van der Waals surface area contributed by atoms with Crippen LogP contribution in [0.25, 0.3) is 0 Å². The van der Waals surface area contributed by atoms with E-state index >= 15 is 0 Å². The van der Waals surface area contributed by atoms with Crippen LogP contribution >= 0.6 is 0 Å². The average molecular weight is 380 g/mol. The molecule has 10 heteroatoms. The highest BCUT2D eigenvalue weighted by atomic mass is 19.4. The molecule has 148 valence electrons. The van der Waals surface area contributed by atoms with Gasteiger partial charge in [0.1, 0.15) is 5.60 Å². The monoisotopic (exact) mass is 380 g/mol. The Morgan fingerprint density at radius 1 is 0.880 bits per heavy atom. The van der Waals surface area contributed by atoms with E-state index in [1.165, 1.54) is 20.8 Å². The van der Waals surface area contributed by atoms with E-state index in [0.717, 1.165) is 0 Å². The zero-order chi connectivity index (χ0) is 20.1. The first-order valence-corrected chi connectivity index (χ1v) is 7.61. The fraction of sp³-hybridized carbons (Fsp3) is 0.867. The summed E-state index contributed by atoms with van der Waals surface area (Å²) >= 11 is 0. The number of carboxylic acid groups (broad SMARTS) is 1. The predicted octanol–water partition coefficient (Wildman–Crippen LogP) is 4.72. The first-order valence-electron chi connectivity index (χ1n) is 7.61. The molecule has 4 nitrogen and oxygen atoms in total. The first-order chi connectivity index (χ1) is 11.0. The number of carboxylic acids is 1. The fourth-order valence-electron chi connectivity index (χ4n) is 2.20. The van der Waals surface area contributed by atoms with Crippen LogP contribution in [0.3, 0.4) is 0 Å². The molecule has 1 N–H and O–H groups in total. The molecule has 0 aliphatic heterocycles. The molecule has 0 bridgehead atoms. The van der Waals surface area contributed by atoms with Crippen molar-refractivity contribution in [2.75, 3.05) is 0 Å². The van der Waals surface area contributed by atoms with Crippen molar-refractivity contribution in [1.82, 2.24) is 0 Å². The van der Waals surface area contributed by atoms with Gasteiger partial charge in [0.2, 0.25) is 0 Å². The number of carbonyl (C=O) groups is 2. The average Bonchev–Trinajstić information content (AvgIpc) is 2.31. The molecule has 0 spiro atoms. The van der Waals surface area contributed by atoms with Gasteiger partial charge in [-0.3, -0.25) is 9.59 Å². The Labute approximate surface area is 141 Å². The highest BCUT2D eigenvalue weighted by Crippen LogP contribution is 2.33. The number of aliphatic carboxylic acids is 1. The summed E-state index contributed by atoms with van der Waals surface area (Å²) in [7, 11) is 0. The third kappa shape index (κ3) is 11.7. The van der Waals surface area contributed by atoms with Gasteiger partial charge < -0.3 is 9.84 Å². The number of carbonyl (C=O) groups excluding carboxylic acids is 1. The lowest BCUT2D eigenvalue weighted by atomic mass is 9.84. The van der Waals surface area contributed by atoms with Gasteiger partial charge in [-0.1, -0.05) is 0 Å². The zero-order valence-corrected chi connectivity index (χ0v) is 14.1. The lowest BCUT2D eigenvalue weighted by Crippen LogP contribution is -2.36. The first kappa shape index (κ1) is 23.5. The Kier molecular flexibility index (Phi) is 8.23. The number of ether oxygens (including phenoxy) is 1. The second-order valence-corrected chi connectivity index (χ2v) is 6.75. The molecule has 0 aromatic rings. The van der Waals surface area contributed by atoms with Gasteiger partial charge in [0, 0.05) is 12.8 Å². The van der Waals surface area contributed by atoms with Crippen LogP contribution in [0, 0.1) is 11.8 Å². The maximum Gasteiger partial charge on any atom is 0.389 e. The Morgan fingerprint density at radius 2 is 1.36 bits per heavy atom. The summed E-state index contributed by atoms with van der Waals surface area (Å²) < 4.78 is 78.9. The number of halogens is 6. The smallest absolute Gasteiger partial charge is 0.389 e. The quantitative estimate of drug-likeness (QED) is 0.489. The Morgan fingerprint density at radius 3 is 1.72 bits per heavy atom. The van der Waals surface area contributed by atoms with E-state index in [9.17, 15) is 41.0 Å². The van der Waals surface area contributed by atoms with E-state index in [0.29, 0.717) is 0 Å². The molecule has 0 aromatic carbocycles. The zero-order valence-electron chi connectivity index (χ0n) is 14.1. The number of hydrogen-bond donors (Lipinski definition) is 1. The van der Waals surface area contributed by atoms with Crippen LogP contribution in [0.1, 0.15) is 52.9 Å². The fourth-order valence-corrected chi connectivity index (χ4v) is 2.20. The van der Waals surface area contributed by atoms with Crippen LogP contribution in [0.4, 0.5) is 26.3 Å². The van der Waals surface area contributed by atoms with Crippen LogP contribution in [-0.2, 0) is 14.3 Å². The van der Waals surface area contributed by atoms with Crippen LogP contribution in [0.5, 0.6) is 0 Å². The number of esters is 1. The summed E-state index contributed by atoms with van der Waals surface area (Å²) in [5, 5.41) is 9.18. The Balaban J connectivity index is 5.25. The van der Waals surface area contributed by atoms with Crippen LogP contribution in [-0.4, -0.2) is 35.0 Å². The van der Waals surface area contributed by atoms with Crippen molar-refractivity contribution in [1.29, 1.82) is 0 Å². The summed E-state index contributed by atoms with van der Waals surface area (Å²) in [5.41, 5.74) is -1.07. The van der Waals surface area contributed by atoms with Crippen molar-refractivity contribution in [3.05, 3.63) is 0 Å². The molecule has 0 saturated carbocycles. The lowest BCUT2D eigenvalue weighted by molar-refractivity contribution is -0.171. The normalized spacial score (nSPS) is 15.6. The molecule has 0 fully saturated rings. The van der Waals surface area contributed by atoms with Crippen molar-refractivity contribution >= 4 is 11.9 Å². The van der Waals surface area contributed by atoms with E-state index in [1.807, 2.05) is 0 Å². The second-order valence-electron chi connectivity index (χ2n) is 6.75. The van der Waals surface area contributed by atoms with Crippen molar-refractivity contribution in [2.45, 2.75) is 70.8 Å². The third-order valence-corrected chi connectivity index (χ3v) is 3.23. The molecule has 25 heavy (non-hydrogen) atoms. The van der Waals surface area contributed by atoms with Gasteiger partial charge in [-0.15, -0.1) is 0 Å². The van der Waals surface area contributed by atoms with Gasteiger partial charge in [0.05, 0.1) is 11.8 Å². The molecule has 2 atom stereocenters. The summed E-state index contributed by atoms with van der Waals surface area (Å²) in [4.78, 5) is 23.4. The molecule has 0 rings (SSSR count). The van der Waals surface area contributed by atoms with Gasteiger partial charge in [-0.05, 0) is 40.0 Å². The summed E-state index contributed by atoms with van der Waals surface area (Å²) in [6.45, 7) is 4.35. The van der Waals surface area contributed by atoms with E-state index in [-0.39, 0.29) is 0 Å². The maximum atomic E-state index is 12.4. The van der Waals surface area contributed by atoms with E-state index in [2.05, 4.69) is 0 Å². The number of hydrogen-bond acceptors (Lipinski definition) is 3. The maximum absolute atomic E-state index is 12.4. The SMILES string of the molecule is CC(C)(C)OC(=O)[C@H](CCC(F)(F)F)[C@@H](CCCC(F)(F)F)C(=O)O. The molecular weight excluding hydrogens is 358 g/mol. The van der Waals surface area contributed by atoms with Crippen LogP contribution in [0.15, 0.2) is 0 Å². The minimum atomic E-state index is -4.63. The van der Waals surface area contributed by atoms with Crippen molar-refractivity contribution in [3.63, 3.8) is 0 Å². The molecule has 0 unspecified atom stereocenters. The standard InChI is InChI=1S/C15H22F6O4/c1-13(2,3)25-12(24)10(6-8-15(19,20)21)9(11(22)23)5-4-7-14(16,17)18/h9-10H,4-8H2,1-3H3,(H,22,23)/t9-,10-/m1/s1. The highest BCUT2D eigenvalue weighted by Gasteiger charge is 2.40. The minimum Gasteiger partial charge on any atom is -0.481 e. The van der Waals surface area contributed by atoms with Gasteiger partial charge in [0.25, 0.3) is 0 Å². The Bertz CT molecular complexity index is 450. The molecule has 0 heterocycles. The van der Waals surface area contributed by atoms with E-state index in [4.69, 9.17) is 4.74 Å². The van der Waals surface area contributed by atoms with Gasteiger partial charge in [-0.25, -0.2) is 0 Å². The molecule has 0 aliphatic carbocycles. The van der Waals surface area contributed by atoms with Gasteiger partial charge in [0.15, 0.2) is 0 Å². The highest BCUT2D eigenvalue weighted by molar-refractivity contribution is 5.81. The summed E-state index contributed by atoms with van der Waals surface area (Å²) in [5.74, 6) is -6.14. The second kappa shape index (κ2) is 8.75. The van der Waals surface area contributed by atoms with E-state index < -0.39 is 73.8 Å².